The Morgan fingerprint density at radius 1 is 1.75 bits per heavy atom. The van der Waals surface area contributed by atoms with Crippen molar-refractivity contribution in [2.45, 2.75) is 18.2 Å². The third kappa shape index (κ3) is 1.92. The number of alkyl halides is 3. The number of hydrogen-bond donors (Lipinski definition) is 1. The van der Waals surface area contributed by atoms with Crippen LogP contribution in [0.4, 0.5) is 8.78 Å². The molecular weight excluding hydrogens is 137 g/mol. The fourth-order valence-electron chi connectivity index (χ4n) is 0.0690. The molecule has 0 saturated heterocycles. The molecule has 0 rings (SSSR count). The minimum atomic E-state index is -2.67. The average molecular weight is 145 g/mol. The molecule has 50 valence electrons. The highest BCUT2D eigenvalue weighted by Gasteiger charge is 2.31. The molecule has 1 nitrogen and oxygen atoms in total. The van der Waals surface area contributed by atoms with Crippen molar-refractivity contribution in [1.82, 2.24) is 0 Å². The van der Waals surface area contributed by atoms with Crippen molar-refractivity contribution in [3.63, 3.8) is 0 Å². The van der Waals surface area contributed by atoms with Gasteiger partial charge in [-0.2, -0.15) is 0 Å². The van der Waals surface area contributed by atoms with Crippen molar-refractivity contribution < 1.29 is 13.9 Å². The van der Waals surface area contributed by atoms with Gasteiger partial charge in [0, 0.05) is 0 Å². The summed E-state index contributed by atoms with van der Waals surface area (Å²) < 4.78 is 23.0. The number of rotatable bonds is 2. The van der Waals surface area contributed by atoms with E-state index in [1.54, 1.807) is 0 Å². The van der Waals surface area contributed by atoms with Crippen LogP contribution >= 0.6 is 11.6 Å². The fourth-order valence-corrected chi connectivity index (χ4v) is 0.0690. The minimum absolute atomic E-state index is 0.702. The molecule has 0 saturated carbocycles. The summed E-state index contributed by atoms with van der Waals surface area (Å²) in [5.41, 5.74) is 0. The van der Waals surface area contributed by atoms with E-state index < -0.39 is 17.9 Å². The predicted molar refractivity (Wildman–Crippen MR) is 27.3 cm³/mol. The first kappa shape index (κ1) is 8.11. The van der Waals surface area contributed by atoms with Gasteiger partial charge in [0.05, 0.1) is 6.61 Å². The number of aliphatic hydroxyl groups is 1. The first-order valence-electron chi connectivity index (χ1n) is 2.08. The Labute approximate surface area is 51.3 Å². The number of halogens is 3. The van der Waals surface area contributed by atoms with Gasteiger partial charge in [0.2, 0.25) is 0 Å². The van der Waals surface area contributed by atoms with Gasteiger partial charge in [-0.1, -0.05) is 0 Å². The van der Waals surface area contributed by atoms with Crippen LogP contribution in [-0.2, 0) is 0 Å². The van der Waals surface area contributed by atoms with Gasteiger partial charge in [0.15, 0.2) is 0 Å². The molecule has 0 bridgehead atoms. The van der Waals surface area contributed by atoms with E-state index in [-0.39, 0.29) is 0 Å². The van der Waals surface area contributed by atoms with Crippen LogP contribution in [0.5, 0.6) is 0 Å². The standard InChI is InChI=1S/C4H7ClF2O/c1-4(5,2-8)3(6)7/h3,8H,2H2,1H3. The van der Waals surface area contributed by atoms with Crippen molar-refractivity contribution in [2.75, 3.05) is 6.61 Å². The topological polar surface area (TPSA) is 20.2 Å². The van der Waals surface area contributed by atoms with Crippen LogP contribution in [0.15, 0.2) is 0 Å². The molecule has 0 aromatic rings. The molecular formula is C4H7ClF2O. The second-order valence-corrected chi connectivity index (χ2v) is 2.60. The lowest BCUT2D eigenvalue weighted by molar-refractivity contribution is 0.0684. The van der Waals surface area contributed by atoms with Crippen LogP contribution in [0.2, 0.25) is 0 Å². The molecule has 8 heavy (non-hydrogen) atoms. The predicted octanol–water partition coefficient (Wildman–Crippen LogP) is 1.24. The smallest absolute Gasteiger partial charge is 0.259 e. The van der Waals surface area contributed by atoms with E-state index >= 15 is 0 Å². The molecule has 1 unspecified atom stereocenters. The van der Waals surface area contributed by atoms with Crippen LogP contribution in [0.1, 0.15) is 6.92 Å². The molecule has 1 N–H and O–H groups in total. The van der Waals surface area contributed by atoms with Crippen LogP contribution < -0.4 is 0 Å². The molecule has 0 heterocycles. The molecule has 0 aromatic carbocycles. The Morgan fingerprint density at radius 3 is 2.12 bits per heavy atom. The Hall–Kier alpha value is 0.110. The lowest BCUT2D eigenvalue weighted by atomic mass is 10.2. The van der Waals surface area contributed by atoms with Crippen LogP contribution in [0.25, 0.3) is 0 Å². The summed E-state index contributed by atoms with van der Waals surface area (Å²) in [6.45, 7) is 0.380. The zero-order chi connectivity index (χ0) is 6.78. The molecule has 0 aromatic heterocycles. The SMILES string of the molecule is CC(Cl)(CO)C(F)F. The largest absolute Gasteiger partial charge is 0.394 e. The summed E-state index contributed by atoms with van der Waals surface area (Å²) in [5.74, 6) is 0. The highest BCUT2D eigenvalue weighted by atomic mass is 35.5. The number of hydrogen-bond acceptors (Lipinski definition) is 1. The fraction of sp³-hybridized carbons (Fsp3) is 1.00. The summed E-state index contributed by atoms with van der Waals surface area (Å²) in [4.78, 5) is -1.76. The van der Waals surface area contributed by atoms with Crippen molar-refractivity contribution in [3.8, 4) is 0 Å². The first-order chi connectivity index (χ1) is 3.50. The molecule has 0 amide bonds. The molecule has 1 atom stereocenters. The minimum Gasteiger partial charge on any atom is -0.394 e. The highest BCUT2D eigenvalue weighted by Crippen LogP contribution is 2.21. The van der Waals surface area contributed by atoms with Gasteiger partial charge in [-0.25, -0.2) is 8.78 Å². The molecule has 0 aliphatic rings. The van der Waals surface area contributed by atoms with Crippen LogP contribution in [-0.4, -0.2) is 23.0 Å². The van der Waals surface area contributed by atoms with E-state index in [2.05, 4.69) is 0 Å². The summed E-state index contributed by atoms with van der Waals surface area (Å²) in [6.07, 6.45) is -2.67. The van der Waals surface area contributed by atoms with E-state index in [0.29, 0.717) is 0 Å². The molecule has 0 aliphatic carbocycles. The Bertz CT molecular complexity index is 74.4. The van der Waals surface area contributed by atoms with Crippen molar-refractivity contribution in [3.05, 3.63) is 0 Å². The lowest BCUT2D eigenvalue weighted by Crippen LogP contribution is -2.30. The summed E-state index contributed by atoms with van der Waals surface area (Å²) in [5, 5.41) is 8.15. The maximum Gasteiger partial charge on any atom is 0.259 e. The lowest BCUT2D eigenvalue weighted by Gasteiger charge is -2.16. The van der Waals surface area contributed by atoms with Gasteiger partial charge in [0.25, 0.3) is 6.43 Å². The molecule has 4 heteroatoms. The summed E-state index contributed by atoms with van der Waals surface area (Å²) in [7, 11) is 0. The van der Waals surface area contributed by atoms with Crippen LogP contribution in [0, 0.1) is 0 Å². The van der Waals surface area contributed by atoms with E-state index in [1.807, 2.05) is 0 Å². The zero-order valence-electron chi connectivity index (χ0n) is 4.37. The van der Waals surface area contributed by atoms with Gasteiger partial charge >= 0.3 is 0 Å². The third-order valence-corrected chi connectivity index (χ3v) is 1.05. The van der Waals surface area contributed by atoms with Gasteiger partial charge in [-0.3, -0.25) is 0 Å². The second kappa shape index (κ2) is 2.60. The zero-order valence-corrected chi connectivity index (χ0v) is 5.12. The van der Waals surface area contributed by atoms with E-state index in [0.717, 1.165) is 6.92 Å². The summed E-state index contributed by atoms with van der Waals surface area (Å²) in [6, 6.07) is 0. The Balaban J connectivity index is 3.71. The van der Waals surface area contributed by atoms with Crippen molar-refractivity contribution in [1.29, 1.82) is 0 Å². The third-order valence-electron chi connectivity index (χ3n) is 0.764. The number of aliphatic hydroxyl groups excluding tert-OH is 1. The van der Waals surface area contributed by atoms with Crippen molar-refractivity contribution >= 4 is 11.6 Å². The van der Waals surface area contributed by atoms with E-state index in [4.69, 9.17) is 16.7 Å². The highest BCUT2D eigenvalue weighted by molar-refractivity contribution is 6.24. The van der Waals surface area contributed by atoms with Gasteiger partial charge in [-0.15, -0.1) is 11.6 Å². The Morgan fingerprint density at radius 2 is 2.12 bits per heavy atom. The second-order valence-electron chi connectivity index (χ2n) is 1.74. The first-order valence-corrected chi connectivity index (χ1v) is 2.46. The molecule has 0 fully saturated rings. The van der Waals surface area contributed by atoms with Gasteiger partial charge in [-0.05, 0) is 6.92 Å². The average Bonchev–Trinajstić information content (AvgIpc) is 1.67. The normalized spacial score (nSPS) is 18.8. The van der Waals surface area contributed by atoms with Crippen LogP contribution in [0.3, 0.4) is 0 Å². The molecule has 0 aliphatic heterocycles. The quantitative estimate of drug-likeness (QED) is 0.579. The molecule has 0 radical (unpaired) electrons. The maximum absolute atomic E-state index is 11.5. The van der Waals surface area contributed by atoms with Gasteiger partial charge < -0.3 is 5.11 Å². The van der Waals surface area contributed by atoms with Gasteiger partial charge in [0.1, 0.15) is 4.87 Å². The molecule has 0 spiro atoms. The monoisotopic (exact) mass is 144 g/mol. The Kier molecular flexibility index (Phi) is 2.63. The summed E-state index contributed by atoms with van der Waals surface area (Å²) >= 11 is 5.06. The van der Waals surface area contributed by atoms with E-state index in [9.17, 15) is 8.78 Å². The maximum atomic E-state index is 11.5. The van der Waals surface area contributed by atoms with Crippen molar-refractivity contribution in [2.24, 2.45) is 0 Å². The van der Waals surface area contributed by atoms with E-state index in [1.165, 1.54) is 0 Å².